The highest BCUT2D eigenvalue weighted by Gasteiger charge is 2.15. The predicted molar refractivity (Wildman–Crippen MR) is 108 cm³/mol. The van der Waals surface area contributed by atoms with Gasteiger partial charge in [0.1, 0.15) is 16.4 Å². The summed E-state index contributed by atoms with van der Waals surface area (Å²) >= 11 is 6.80. The molecule has 1 aromatic heterocycles. The van der Waals surface area contributed by atoms with Gasteiger partial charge in [-0.3, -0.25) is 5.10 Å². The first-order valence-corrected chi connectivity index (χ1v) is 9.22. The molecule has 0 bridgehead atoms. The van der Waals surface area contributed by atoms with Crippen LogP contribution in [0.15, 0.2) is 52.5 Å². The molecular weight excluding hydrogens is 402 g/mol. The first kappa shape index (κ1) is 19.8. The standard InChI is InChI=1S/C19H16ClN3O4S/c1-26-14-8-12(9-15(10-14)27-2)17-21-19(23-22-17)28-16(18(24)25)7-11-3-5-13(20)6-4-11/h3-10H,1-2H3,(H,24,25)(H,21,22,23)/b16-7-. The van der Waals surface area contributed by atoms with Gasteiger partial charge in [-0.2, -0.15) is 0 Å². The van der Waals surface area contributed by atoms with Gasteiger partial charge < -0.3 is 14.6 Å². The van der Waals surface area contributed by atoms with E-state index in [9.17, 15) is 9.90 Å². The molecule has 0 unspecified atom stereocenters. The molecule has 1 heterocycles. The minimum atomic E-state index is -1.07. The van der Waals surface area contributed by atoms with Crippen molar-refractivity contribution >= 4 is 35.4 Å². The summed E-state index contributed by atoms with van der Waals surface area (Å²) in [5.41, 5.74) is 1.41. The van der Waals surface area contributed by atoms with Gasteiger partial charge in [0, 0.05) is 16.7 Å². The van der Waals surface area contributed by atoms with E-state index in [1.807, 2.05) is 0 Å². The second-order valence-corrected chi connectivity index (χ2v) is 6.98. The zero-order chi connectivity index (χ0) is 20.1. The van der Waals surface area contributed by atoms with Crippen LogP contribution >= 0.6 is 23.4 Å². The lowest BCUT2D eigenvalue weighted by molar-refractivity contribution is -0.131. The SMILES string of the molecule is COc1cc(OC)cc(-c2nc(S/C(=C\c3ccc(Cl)cc3)C(=O)O)n[nH]2)c1. The molecule has 0 aliphatic carbocycles. The summed E-state index contributed by atoms with van der Waals surface area (Å²) in [5, 5.41) is 17.3. The molecule has 0 radical (unpaired) electrons. The lowest BCUT2D eigenvalue weighted by Gasteiger charge is -2.06. The van der Waals surface area contributed by atoms with Crippen molar-refractivity contribution in [1.82, 2.24) is 15.2 Å². The fourth-order valence-corrected chi connectivity index (χ4v) is 3.14. The van der Waals surface area contributed by atoms with Crippen molar-refractivity contribution in [3.8, 4) is 22.9 Å². The third-order valence-electron chi connectivity index (χ3n) is 3.67. The number of carbonyl (C=O) groups is 1. The van der Waals surface area contributed by atoms with Crippen LogP contribution < -0.4 is 9.47 Å². The highest BCUT2D eigenvalue weighted by molar-refractivity contribution is 8.04. The van der Waals surface area contributed by atoms with Gasteiger partial charge in [-0.25, -0.2) is 9.78 Å². The Balaban J connectivity index is 1.86. The quantitative estimate of drug-likeness (QED) is 0.435. The summed E-state index contributed by atoms with van der Waals surface area (Å²) in [6.07, 6.45) is 1.54. The Bertz CT molecular complexity index is 996. The molecule has 28 heavy (non-hydrogen) atoms. The van der Waals surface area contributed by atoms with E-state index in [-0.39, 0.29) is 10.1 Å². The van der Waals surface area contributed by atoms with E-state index >= 15 is 0 Å². The summed E-state index contributed by atoms with van der Waals surface area (Å²) in [5.74, 6) is 0.605. The van der Waals surface area contributed by atoms with E-state index in [2.05, 4.69) is 15.2 Å². The summed E-state index contributed by atoms with van der Waals surface area (Å²) in [7, 11) is 3.11. The van der Waals surface area contributed by atoms with Crippen LogP contribution in [0.5, 0.6) is 11.5 Å². The fourth-order valence-electron chi connectivity index (χ4n) is 2.31. The van der Waals surface area contributed by atoms with Crippen molar-refractivity contribution in [2.45, 2.75) is 5.16 Å². The van der Waals surface area contributed by atoms with Crippen molar-refractivity contribution in [2.24, 2.45) is 0 Å². The number of carboxylic acid groups (broad SMARTS) is 1. The van der Waals surface area contributed by atoms with Gasteiger partial charge in [0.25, 0.3) is 0 Å². The second-order valence-electron chi connectivity index (χ2n) is 5.54. The van der Waals surface area contributed by atoms with Crippen molar-refractivity contribution < 1.29 is 19.4 Å². The maximum Gasteiger partial charge on any atom is 0.342 e. The van der Waals surface area contributed by atoms with Crippen LogP contribution in [0.3, 0.4) is 0 Å². The van der Waals surface area contributed by atoms with Gasteiger partial charge in [-0.05, 0) is 47.7 Å². The number of halogens is 1. The van der Waals surface area contributed by atoms with Gasteiger partial charge in [-0.15, -0.1) is 5.10 Å². The number of aliphatic carboxylic acids is 1. The average molecular weight is 418 g/mol. The van der Waals surface area contributed by atoms with Crippen LogP contribution in [0.2, 0.25) is 5.02 Å². The molecule has 0 aliphatic heterocycles. The second kappa shape index (κ2) is 8.81. The Morgan fingerprint density at radius 3 is 2.36 bits per heavy atom. The minimum Gasteiger partial charge on any atom is -0.497 e. The Labute approximate surface area is 170 Å². The number of rotatable bonds is 7. The molecule has 0 fully saturated rings. The maximum atomic E-state index is 11.6. The van der Waals surface area contributed by atoms with E-state index < -0.39 is 5.97 Å². The molecule has 0 aliphatic rings. The lowest BCUT2D eigenvalue weighted by Crippen LogP contribution is -1.97. The largest absolute Gasteiger partial charge is 0.497 e. The zero-order valence-corrected chi connectivity index (χ0v) is 16.5. The molecule has 9 heteroatoms. The van der Waals surface area contributed by atoms with Gasteiger partial charge in [-0.1, -0.05) is 23.7 Å². The fraction of sp³-hybridized carbons (Fsp3) is 0.105. The number of methoxy groups -OCH3 is 2. The number of hydrogen-bond donors (Lipinski definition) is 2. The number of aromatic amines is 1. The van der Waals surface area contributed by atoms with Crippen LogP contribution in [-0.4, -0.2) is 40.5 Å². The normalized spacial score (nSPS) is 11.3. The molecule has 0 saturated heterocycles. The Kier molecular flexibility index (Phi) is 6.23. The Hall–Kier alpha value is -2.97. The molecule has 3 rings (SSSR count). The van der Waals surface area contributed by atoms with E-state index in [0.29, 0.717) is 33.5 Å². The number of H-pyrrole nitrogens is 1. The number of hydrogen-bond acceptors (Lipinski definition) is 6. The van der Waals surface area contributed by atoms with Gasteiger partial charge in [0.2, 0.25) is 5.16 Å². The highest BCUT2D eigenvalue weighted by atomic mass is 35.5. The van der Waals surface area contributed by atoms with Gasteiger partial charge in [0.15, 0.2) is 5.82 Å². The minimum absolute atomic E-state index is 0.0797. The number of carboxylic acids is 1. The number of ether oxygens (including phenoxy) is 2. The number of nitrogens with one attached hydrogen (secondary N) is 1. The Morgan fingerprint density at radius 1 is 1.14 bits per heavy atom. The number of aromatic nitrogens is 3. The first-order valence-electron chi connectivity index (χ1n) is 8.02. The van der Waals surface area contributed by atoms with Crippen LogP contribution in [0.1, 0.15) is 5.56 Å². The summed E-state index contributed by atoms with van der Waals surface area (Å²) in [4.78, 5) is 16.1. The summed E-state index contributed by atoms with van der Waals surface area (Å²) < 4.78 is 10.5. The molecule has 0 atom stereocenters. The van der Waals surface area contributed by atoms with Crippen LogP contribution in [0, 0.1) is 0 Å². The average Bonchev–Trinajstić information content (AvgIpc) is 3.17. The van der Waals surface area contributed by atoms with Crippen molar-refractivity contribution in [3.63, 3.8) is 0 Å². The van der Waals surface area contributed by atoms with Gasteiger partial charge >= 0.3 is 5.97 Å². The van der Waals surface area contributed by atoms with E-state index in [1.165, 1.54) is 6.08 Å². The molecule has 2 N–H and O–H groups in total. The molecule has 0 saturated carbocycles. The first-order chi connectivity index (χ1) is 13.5. The number of benzene rings is 2. The topological polar surface area (TPSA) is 97.3 Å². The Morgan fingerprint density at radius 2 is 1.79 bits per heavy atom. The molecule has 7 nitrogen and oxygen atoms in total. The monoisotopic (exact) mass is 417 g/mol. The molecule has 0 amide bonds. The molecule has 0 spiro atoms. The lowest BCUT2D eigenvalue weighted by atomic mass is 10.2. The molecule has 3 aromatic rings. The molecular formula is C19H16ClN3O4S. The maximum absolute atomic E-state index is 11.6. The van der Waals surface area contributed by atoms with E-state index in [4.69, 9.17) is 21.1 Å². The number of nitrogens with zero attached hydrogens (tertiary/aromatic N) is 2. The van der Waals surface area contributed by atoms with Crippen LogP contribution in [-0.2, 0) is 4.79 Å². The van der Waals surface area contributed by atoms with E-state index in [1.54, 1.807) is 56.7 Å². The van der Waals surface area contributed by atoms with Gasteiger partial charge in [0.05, 0.1) is 14.2 Å². The number of thioether (sulfide) groups is 1. The third kappa shape index (κ3) is 4.85. The van der Waals surface area contributed by atoms with E-state index in [0.717, 1.165) is 11.8 Å². The van der Waals surface area contributed by atoms with Crippen LogP contribution in [0.25, 0.3) is 17.5 Å². The summed E-state index contributed by atoms with van der Waals surface area (Å²) in [6.45, 7) is 0. The van der Waals surface area contributed by atoms with Crippen molar-refractivity contribution in [1.29, 1.82) is 0 Å². The van der Waals surface area contributed by atoms with Crippen LogP contribution in [0.4, 0.5) is 0 Å². The highest BCUT2D eigenvalue weighted by Crippen LogP contribution is 2.31. The predicted octanol–water partition coefficient (Wildman–Crippen LogP) is 4.36. The third-order valence-corrected chi connectivity index (χ3v) is 4.80. The molecule has 144 valence electrons. The zero-order valence-electron chi connectivity index (χ0n) is 15.0. The summed E-state index contributed by atoms with van der Waals surface area (Å²) in [6, 6.07) is 12.2. The molecule has 2 aromatic carbocycles. The smallest absolute Gasteiger partial charge is 0.342 e. The van der Waals surface area contributed by atoms with Crippen molar-refractivity contribution in [3.05, 3.63) is 58.0 Å². The van der Waals surface area contributed by atoms with Crippen molar-refractivity contribution in [2.75, 3.05) is 14.2 Å².